The molecule has 6 aromatic carbocycles. The molecule has 2 aliphatic carbocycles. The molecular formula is C51H44N2. The fourth-order valence-corrected chi connectivity index (χ4v) is 8.34. The average Bonchev–Trinajstić information content (AvgIpc) is 3.17. The van der Waals surface area contributed by atoms with Gasteiger partial charge in [-0.15, -0.1) is 0 Å². The predicted octanol–water partition coefficient (Wildman–Crippen LogP) is 13.7. The van der Waals surface area contributed by atoms with Crippen molar-refractivity contribution >= 4 is 45.7 Å². The molecule has 6 aromatic rings. The lowest BCUT2D eigenvalue weighted by Gasteiger charge is -2.60. The number of allylic oxidation sites excluding steroid dienone is 4. The molecular weight excluding hydrogens is 641 g/mol. The number of hydrogen-bond donors (Lipinski definition) is 0. The first kappa shape index (κ1) is 32.8. The van der Waals surface area contributed by atoms with Gasteiger partial charge < -0.3 is 9.80 Å². The van der Waals surface area contributed by atoms with Crippen LogP contribution < -0.4 is 9.80 Å². The van der Waals surface area contributed by atoms with E-state index in [-0.39, 0.29) is 5.41 Å². The molecule has 2 unspecified atom stereocenters. The normalized spacial score (nSPS) is 18.9. The van der Waals surface area contributed by atoms with Crippen LogP contribution in [0, 0.1) is 19.3 Å². The molecule has 0 aromatic heterocycles. The Kier molecular flexibility index (Phi) is 8.12. The number of fused-ring (bicyclic) bond motifs is 1. The molecule has 2 atom stereocenters. The van der Waals surface area contributed by atoms with Crippen LogP contribution in [0.15, 0.2) is 181 Å². The van der Waals surface area contributed by atoms with E-state index in [0.717, 1.165) is 23.5 Å². The minimum Gasteiger partial charge on any atom is -0.336 e. The van der Waals surface area contributed by atoms with Crippen molar-refractivity contribution in [2.75, 3.05) is 9.80 Å². The Morgan fingerprint density at radius 3 is 1.77 bits per heavy atom. The summed E-state index contributed by atoms with van der Waals surface area (Å²) in [6.07, 6.45) is 17.5. The maximum absolute atomic E-state index is 2.53. The van der Waals surface area contributed by atoms with Crippen molar-refractivity contribution < 1.29 is 0 Å². The fraction of sp³-hybridized carbons (Fsp3) is 0.137. The highest BCUT2D eigenvalue weighted by molar-refractivity contribution is 5.91. The van der Waals surface area contributed by atoms with Gasteiger partial charge >= 0.3 is 0 Å². The van der Waals surface area contributed by atoms with Gasteiger partial charge in [0.25, 0.3) is 0 Å². The number of anilines is 4. The van der Waals surface area contributed by atoms with Crippen molar-refractivity contribution in [3.05, 3.63) is 203 Å². The molecule has 3 aliphatic rings. The summed E-state index contributed by atoms with van der Waals surface area (Å²) in [4.78, 5) is 4.84. The van der Waals surface area contributed by atoms with Gasteiger partial charge in [0.15, 0.2) is 0 Å². The summed E-state index contributed by atoms with van der Waals surface area (Å²) in [6.45, 7) is 8.73. The van der Waals surface area contributed by atoms with Crippen LogP contribution in [-0.2, 0) is 0 Å². The lowest BCUT2D eigenvalue weighted by Crippen LogP contribution is -2.61. The van der Waals surface area contributed by atoms with Crippen molar-refractivity contribution in [3.8, 4) is 11.1 Å². The molecule has 258 valence electrons. The summed E-state index contributed by atoms with van der Waals surface area (Å²) in [5, 5.41) is 2.53. The van der Waals surface area contributed by atoms with Crippen LogP contribution in [0.4, 0.5) is 22.7 Å². The molecule has 1 aliphatic heterocycles. The summed E-state index contributed by atoms with van der Waals surface area (Å²) in [7, 11) is 0. The minimum absolute atomic E-state index is 0.0116. The van der Waals surface area contributed by atoms with E-state index >= 15 is 0 Å². The highest BCUT2D eigenvalue weighted by Gasteiger charge is 2.55. The van der Waals surface area contributed by atoms with Crippen LogP contribution in [0.25, 0.3) is 34.1 Å². The smallest absolute Gasteiger partial charge is 0.0714 e. The van der Waals surface area contributed by atoms with E-state index in [1.165, 1.54) is 66.7 Å². The largest absolute Gasteiger partial charge is 0.336 e. The first-order chi connectivity index (χ1) is 25.8. The minimum atomic E-state index is 0.0116. The van der Waals surface area contributed by atoms with Crippen LogP contribution in [0.5, 0.6) is 0 Å². The van der Waals surface area contributed by atoms with Crippen molar-refractivity contribution in [2.24, 2.45) is 5.41 Å². The van der Waals surface area contributed by atoms with Crippen LogP contribution in [0.1, 0.15) is 42.5 Å². The zero-order valence-electron chi connectivity index (χ0n) is 30.9. The maximum atomic E-state index is 2.53. The average molecular weight is 685 g/mol. The highest BCUT2D eigenvalue weighted by Crippen LogP contribution is 2.57. The Hall–Kier alpha value is -6.12. The molecule has 0 bridgehead atoms. The predicted molar refractivity (Wildman–Crippen MR) is 227 cm³/mol. The molecule has 1 heterocycles. The maximum Gasteiger partial charge on any atom is 0.0714 e. The number of hydrogen-bond acceptors (Lipinski definition) is 2. The van der Waals surface area contributed by atoms with Crippen molar-refractivity contribution in [2.45, 2.75) is 40.2 Å². The Morgan fingerprint density at radius 1 is 0.585 bits per heavy atom. The van der Waals surface area contributed by atoms with Gasteiger partial charge in [0.2, 0.25) is 0 Å². The summed E-state index contributed by atoms with van der Waals surface area (Å²) in [5.74, 6) is 0. The highest BCUT2D eigenvalue weighted by atomic mass is 15.3. The molecule has 0 N–H and O–H groups in total. The van der Waals surface area contributed by atoms with E-state index in [4.69, 9.17) is 0 Å². The molecule has 53 heavy (non-hydrogen) atoms. The number of aryl methyl sites for hydroxylation is 2. The number of rotatable bonds is 7. The van der Waals surface area contributed by atoms with Crippen molar-refractivity contribution in [3.63, 3.8) is 0 Å². The molecule has 9 rings (SSSR count). The third-order valence-corrected chi connectivity index (χ3v) is 11.1. The Bertz CT molecular complexity index is 2450. The van der Waals surface area contributed by atoms with E-state index in [1.807, 2.05) is 0 Å². The molecule has 1 saturated heterocycles. The zero-order valence-corrected chi connectivity index (χ0v) is 30.9. The Balaban J connectivity index is 0.906. The summed E-state index contributed by atoms with van der Waals surface area (Å²) in [5.41, 5.74) is 16.2. The first-order valence-corrected chi connectivity index (χ1v) is 18.7. The first-order valence-electron chi connectivity index (χ1n) is 18.7. The zero-order chi connectivity index (χ0) is 36.1. The van der Waals surface area contributed by atoms with Gasteiger partial charge in [-0.2, -0.15) is 0 Å². The summed E-state index contributed by atoms with van der Waals surface area (Å²) < 4.78 is 0. The van der Waals surface area contributed by atoms with Crippen LogP contribution in [0.2, 0.25) is 0 Å². The second-order valence-electron chi connectivity index (χ2n) is 15.1. The standard InChI is InChI=1S/C51H44N2/c1-35-5-22-45(23-6-35)52(46-24-7-36(2)8-25-46)47-26-15-40(16-27-47)12-11-39-13-17-41(18-14-39)42-19-20-44-32-48(28-21-43(44)31-42)53-49-29-9-37(3)33-51(49)34-38(4)10-30-50(51)53/h5-9,11-34,49H,10H2,1-4H3/b12-11+. The number of nitrogens with zero attached hydrogens (tertiary/aromatic N) is 2. The third-order valence-electron chi connectivity index (χ3n) is 11.1. The van der Waals surface area contributed by atoms with Crippen LogP contribution in [-0.4, -0.2) is 6.04 Å². The molecule has 1 fully saturated rings. The third kappa shape index (κ3) is 6.05. The van der Waals surface area contributed by atoms with E-state index in [1.54, 1.807) is 0 Å². The van der Waals surface area contributed by atoms with E-state index in [9.17, 15) is 0 Å². The lowest BCUT2D eigenvalue weighted by atomic mass is 9.62. The van der Waals surface area contributed by atoms with Gasteiger partial charge in [0, 0.05) is 28.4 Å². The summed E-state index contributed by atoms with van der Waals surface area (Å²) in [6, 6.07) is 49.3. The van der Waals surface area contributed by atoms with E-state index in [0.29, 0.717) is 6.04 Å². The monoisotopic (exact) mass is 684 g/mol. The van der Waals surface area contributed by atoms with Gasteiger partial charge in [-0.1, -0.05) is 144 Å². The van der Waals surface area contributed by atoms with Crippen LogP contribution in [0.3, 0.4) is 0 Å². The van der Waals surface area contributed by atoms with Gasteiger partial charge in [-0.3, -0.25) is 0 Å². The topological polar surface area (TPSA) is 6.48 Å². The quantitative estimate of drug-likeness (QED) is 0.122. The Labute approximate surface area is 314 Å². The van der Waals surface area contributed by atoms with Gasteiger partial charge in [0.1, 0.15) is 0 Å². The fourth-order valence-electron chi connectivity index (χ4n) is 8.34. The van der Waals surface area contributed by atoms with Crippen LogP contribution >= 0.6 is 0 Å². The lowest BCUT2D eigenvalue weighted by molar-refractivity contribution is 0.366. The van der Waals surface area contributed by atoms with Gasteiger partial charge in [-0.25, -0.2) is 0 Å². The molecule has 0 radical (unpaired) electrons. The molecule has 0 amide bonds. The molecule has 2 heteroatoms. The molecule has 2 nitrogen and oxygen atoms in total. The second kappa shape index (κ2) is 13.1. The number of benzene rings is 6. The second-order valence-corrected chi connectivity index (χ2v) is 15.1. The van der Waals surface area contributed by atoms with Crippen molar-refractivity contribution in [1.82, 2.24) is 0 Å². The SMILES string of the molecule is CC1=CC23C=C(C)CC=C2N(c2ccc4cc(-c5ccc(/C=C/c6ccc(N(c7ccc(C)cc7)c7ccc(C)cc7)cc6)cc5)ccc4c2)C3C=C1. The van der Waals surface area contributed by atoms with Crippen molar-refractivity contribution in [1.29, 1.82) is 0 Å². The van der Waals surface area contributed by atoms with Gasteiger partial charge in [-0.05, 0) is 122 Å². The van der Waals surface area contributed by atoms with Gasteiger partial charge in [0.05, 0.1) is 11.5 Å². The summed E-state index contributed by atoms with van der Waals surface area (Å²) >= 11 is 0. The molecule has 1 spiro atoms. The molecule has 0 saturated carbocycles. The Morgan fingerprint density at radius 2 is 1.13 bits per heavy atom. The van der Waals surface area contributed by atoms with E-state index < -0.39 is 0 Å². The van der Waals surface area contributed by atoms with E-state index in [2.05, 4.69) is 213 Å².